The first-order chi connectivity index (χ1) is 18.3. The molecule has 2 amide bonds. The molecule has 4 rings (SSSR count). The van der Waals surface area contributed by atoms with Crippen LogP contribution in [0.3, 0.4) is 0 Å². The number of nitrogens with zero attached hydrogens (tertiary/aromatic N) is 2. The number of aliphatic carboxylic acids is 1. The molecule has 0 radical (unpaired) electrons. The van der Waals surface area contributed by atoms with E-state index in [2.05, 4.69) is 20.4 Å². The number of carboxylic acid groups (broad SMARTS) is 1. The van der Waals surface area contributed by atoms with Crippen molar-refractivity contribution in [2.24, 2.45) is 0 Å². The number of para-hydroxylation sites is 1. The minimum Gasteiger partial charge on any atom is -0.475 e. The van der Waals surface area contributed by atoms with Crippen LogP contribution >= 0.6 is 0 Å². The standard InChI is InChI=1S/C23H25F3N4O2.C2HF3O2/c24-23(25,26)19-9-5-4-8-18(19)20(31)27-12-15-29-13-10-22(11-14-29)21(32)28-16-30(22)17-6-2-1-3-7-17;3-2(4,5)1(6)7/h1-9H,10-16H2,(H,27,31)(H,28,32);(H,6,7). The van der Waals surface area contributed by atoms with Gasteiger partial charge in [-0.05, 0) is 37.1 Å². The second-order valence-corrected chi connectivity index (χ2v) is 8.90. The molecule has 2 aromatic rings. The molecule has 1 spiro atoms. The smallest absolute Gasteiger partial charge is 0.475 e. The average molecular weight is 560 g/mol. The largest absolute Gasteiger partial charge is 0.490 e. The van der Waals surface area contributed by atoms with Gasteiger partial charge in [-0.25, -0.2) is 4.79 Å². The summed E-state index contributed by atoms with van der Waals surface area (Å²) in [5.74, 6) is -3.47. The van der Waals surface area contributed by atoms with E-state index in [-0.39, 0.29) is 18.0 Å². The summed E-state index contributed by atoms with van der Waals surface area (Å²) < 4.78 is 71.1. The Hall–Kier alpha value is -3.81. The Morgan fingerprint density at radius 1 is 0.949 bits per heavy atom. The fraction of sp³-hybridized carbons (Fsp3) is 0.400. The minimum atomic E-state index is -5.08. The number of benzene rings is 2. The van der Waals surface area contributed by atoms with Gasteiger partial charge in [0.25, 0.3) is 5.91 Å². The van der Waals surface area contributed by atoms with Crippen LogP contribution in [0.2, 0.25) is 0 Å². The Balaban J connectivity index is 0.000000532. The molecule has 0 aromatic heterocycles. The second kappa shape index (κ2) is 11.9. The van der Waals surface area contributed by atoms with Gasteiger partial charge in [0.15, 0.2) is 0 Å². The number of likely N-dealkylation sites (tertiary alicyclic amines) is 1. The number of anilines is 1. The molecule has 3 N–H and O–H groups in total. The Labute approximate surface area is 219 Å². The number of nitrogens with one attached hydrogen (secondary N) is 2. The number of hydrogen-bond acceptors (Lipinski definition) is 5. The summed E-state index contributed by atoms with van der Waals surface area (Å²) >= 11 is 0. The van der Waals surface area contributed by atoms with Crippen molar-refractivity contribution >= 4 is 23.5 Å². The number of hydrogen-bond donors (Lipinski definition) is 3. The topological polar surface area (TPSA) is 102 Å². The van der Waals surface area contributed by atoms with Gasteiger partial charge in [0.1, 0.15) is 5.54 Å². The van der Waals surface area contributed by atoms with Gasteiger partial charge in [0, 0.05) is 31.9 Å². The van der Waals surface area contributed by atoms with Gasteiger partial charge in [0.2, 0.25) is 5.91 Å². The molecule has 2 aliphatic rings. The second-order valence-electron chi connectivity index (χ2n) is 8.90. The maximum Gasteiger partial charge on any atom is 0.490 e. The van der Waals surface area contributed by atoms with E-state index in [0.717, 1.165) is 11.8 Å². The van der Waals surface area contributed by atoms with Crippen molar-refractivity contribution in [1.82, 2.24) is 15.5 Å². The van der Waals surface area contributed by atoms with Crippen LogP contribution in [0.25, 0.3) is 0 Å². The molecule has 2 aromatic carbocycles. The minimum absolute atomic E-state index is 0.0260. The van der Waals surface area contributed by atoms with Crippen LogP contribution in [0.4, 0.5) is 32.0 Å². The van der Waals surface area contributed by atoms with Gasteiger partial charge in [-0.3, -0.25) is 9.59 Å². The molecule has 0 aliphatic carbocycles. The van der Waals surface area contributed by atoms with Crippen molar-refractivity contribution < 1.29 is 45.8 Å². The Morgan fingerprint density at radius 2 is 1.51 bits per heavy atom. The van der Waals surface area contributed by atoms with Crippen LogP contribution in [0.15, 0.2) is 54.6 Å². The lowest BCUT2D eigenvalue weighted by Crippen LogP contribution is -2.57. The number of amides is 2. The lowest BCUT2D eigenvalue weighted by Gasteiger charge is -2.43. The molecular weight excluding hydrogens is 534 g/mol. The summed E-state index contributed by atoms with van der Waals surface area (Å²) in [5, 5.41) is 12.7. The number of rotatable bonds is 5. The highest BCUT2D eigenvalue weighted by Gasteiger charge is 2.50. The van der Waals surface area contributed by atoms with Crippen LogP contribution in [-0.4, -0.2) is 72.4 Å². The van der Waals surface area contributed by atoms with Crippen molar-refractivity contribution in [1.29, 1.82) is 0 Å². The predicted octanol–water partition coefficient (Wildman–Crippen LogP) is 3.50. The average Bonchev–Trinajstić information content (AvgIpc) is 3.20. The molecular formula is C25H26F6N4O4. The van der Waals surface area contributed by atoms with Gasteiger partial charge in [-0.15, -0.1) is 0 Å². The van der Waals surface area contributed by atoms with Gasteiger partial charge in [-0.2, -0.15) is 26.3 Å². The van der Waals surface area contributed by atoms with E-state index in [4.69, 9.17) is 9.90 Å². The summed E-state index contributed by atoms with van der Waals surface area (Å²) in [5.41, 5.74) is -0.911. The van der Waals surface area contributed by atoms with Crippen molar-refractivity contribution in [3.8, 4) is 0 Å². The van der Waals surface area contributed by atoms with Crippen molar-refractivity contribution in [3.63, 3.8) is 0 Å². The molecule has 0 atom stereocenters. The van der Waals surface area contributed by atoms with Gasteiger partial charge in [-0.1, -0.05) is 30.3 Å². The van der Waals surface area contributed by atoms with Crippen LogP contribution in [0, 0.1) is 0 Å². The lowest BCUT2D eigenvalue weighted by atomic mass is 9.85. The molecule has 0 saturated carbocycles. The Bertz CT molecular complexity index is 1170. The van der Waals surface area contributed by atoms with Gasteiger partial charge in [0.05, 0.1) is 17.8 Å². The molecule has 2 heterocycles. The first-order valence-corrected chi connectivity index (χ1v) is 11.8. The number of carbonyl (C=O) groups is 3. The molecule has 2 aliphatic heterocycles. The number of alkyl halides is 6. The van der Waals surface area contributed by atoms with E-state index in [0.29, 0.717) is 39.1 Å². The fourth-order valence-electron chi connectivity index (χ4n) is 4.53. The van der Waals surface area contributed by atoms with Crippen LogP contribution < -0.4 is 15.5 Å². The number of carbonyl (C=O) groups excluding carboxylic acids is 2. The third kappa shape index (κ3) is 7.19. The molecule has 39 heavy (non-hydrogen) atoms. The summed E-state index contributed by atoms with van der Waals surface area (Å²) in [7, 11) is 0. The molecule has 0 unspecified atom stereocenters. The highest BCUT2D eigenvalue weighted by Crippen LogP contribution is 2.36. The Kier molecular flexibility index (Phi) is 9.10. The molecule has 0 bridgehead atoms. The van der Waals surface area contributed by atoms with Crippen LogP contribution in [-0.2, 0) is 15.8 Å². The van der Waals surface area contributed by atoms with Crippen molar-refractivity contribution in [2.45, 2.75) is 30.7 Å². The third-order valence-electron chi connectivity index (χ3n) is 6.52. The van der Waals surface area contributed by atoms with Crippen molar-refractivity contribution in [3.05, 3.63) is 65.7 Å². The summed E-state index contributed by atoms with van der Waals surface area (Å²) in [6, 6.07) is 14.6. The lowest BCUT2D eigenvalue weighted by molar-refractivity contribution is -0.192. The molecule has 2 fully saturated rings. The fourth-order valence-corrected chi connectivity index (χ4v) is 4.53. The monoisotopic (exact) mass is 560 g/mol. The molecule has 8 nitrogen and oxygen atoms in total. The summed E-state index contributed by atoms with van der Waals surface area (Å²) in [6.07, 6.45) is -8.39. The first kappa shape index (κ1) is 29.7. The van der Waals surface area contributed by atoms with Crippen LogP contribution in [0.1, 0.15) is 28.8 Å². The third-order valence-corrected chi connectivity index (χ3v) is 6.52. The number of piperidine rings is 1. The Morgan fingerprint density at radius 3 is 2.08 bits per heavy atom. The van der Waals surface area contributed by atoms with E-state index in [1.165, 1.54) is 18.2 Å². The zero-order chi connectivity index (χ0) is 28.8. The highest BCUT2D eigenvalue weighted by molar-refractivity contribution is 5.96. The van der Waals surface area contributed by atoms with E-state index in [1.54, 1.807) is 0 Å². The highest BCUT2D eigenvalue weighted by atomic mass is 19.4. The zero-order valence-corrected chi connectivity index (χ0v) is 20.5. The van der Waals surface area contributed by atoms with E-state index < -0.39 is 35.3 Å². The molecule has 14 heteroatoms. The molecule has 212 valence electrons. The first-order valence-electron chi connectivity index (χ1n) is 11.8. The summed E-state index contributed by atoms with van der Waals surface area (Å²) in [4.78, 5) is 38.1. The SMILES string of the molecule is O=C(NCCN1CCC2(CC1)C(=O)NCN2c1ccccc1)c1ccccc1C(F)(F)F.O=C(O)C(F)(F)F. The van der Waals surface area contributed by atoms with Crippen LogP contribution in [0.5, 0.6) is 0 Å². The quantitative estimate of drug-likeness (QED) is 0.484. The maximum atomic E-state index is 13.1. The maximum absolute atomic E-state index is 13.1. The number of halogens is 6. The molecule has 2 saturated heterocycles. The van der Waals surface area contributed by atoms with Gasteiger partial charge < -0.3 is 25.5 Å². The van der Waals surface area contributed by atoms with E-state index in [1.807, 2.05) is 30.3 Å². The van der Waals surface area contributed by atoms with Crippen molar-refractivity contribution in [2.75, 3.05) is 37.7 Å². The van der Waals surface area contributed by atoms with Gasteiger partial charge >= 0.3 is 18.3 Å². The normalized spacial score (nSPS) is 17.3. The van der Waals surface area contributed by atoms with E-state index >= 15 is 0 Å². The number of carboxylic acids is 1. The summed E-state index contributed by atoms with van der Waals surface area (Å²) in [6.45, 7) is 2.52. The predicted molar refractivity (Wildman–Crippen MR) is 128 cm³/mol. The van der Waals surface area contributed by atoms with E-state index in [9.17, 15) is 35.9 Å². The zero-order valence-electron chi connectivity index (χ0n) is 20.5.